The first kappa shape index (κ1) is 20.2. The Morgan fingerprint density at radius 1 is 0.882 bits per heavy atom. The lowest BCUT2D eigenvalue weighted by Crippen LogP contribution is -2.16. The fraction of sp³-hybridized carbons (Fsp3) is 0.0741. The van der Waals surface area contributed by atoms with E-state index in [1.165, 1.54) is 17.7 Å². The summed E-state index contributed by atoms with van der Waals surface area (Å²) in [6.07, 6.45) is 4.27. The van der Waals surface area contributed by atoms with Crippen LogP contribution in [0.15, 0.2) is 79.1 Å². The molecule has 34 heavy (non-hydrogen) atoms. The number of nitrogen functional groups attached to an aromatic ring is 1. The van der Waals surface area contributed by atoms with Gasteiger partial charge in [0.05, 0.1) is 5.52 Å². The molecule has 0 bridgehead atoms. The van der Waals surface area contributed by atoms with Gasteiger partial charge in [0.1, 0.15) is 17.5 Å². The molecule has 2 N–H and O–H groups in total. The number of hydrogen-bond donors (Lipinski definition) is 1. The van der Waals surface area contributed by atoms with Crippen molar-refractivity contribution in [1.82, 2.24) is 15.0 Å². The van der Waals surface area contributed by atoms with Crippen LogP contribution in [0.25, 0.3) is 33.4 Å². The summed E-state index contributed by atoms with van der Waals surface area (Å²) in [4.78, 5) is 16.1. The average Bonchev–Trinajstić information content (AvgIpc) is 3.26. The van der Waals surface area contributed by atoms with Crippen LogP contribution in [0.4, 0.5) is 26.0 Å². The van der Waals surface area contributed by atoms with Gasteiger partial charge in [-0.15, -0.1) is 0 Å². The van der Waals surface area contributed by atoms with E-state index in [1.54, 1.807) is 12.4 Å². The second-order valence-electron chi connectivity index (χ2n) is 8.26. The summed E-state index contributed by atoms with van der Waals surface area (Å²) in [5, 5.41) is 0.837. The van der Waals surface area contributed by atoms with Gasteiger partial charge in [0, 0.05) is 52.9 Å². The lowest BCUT2D eigenvalue weighted by molar-refractivity contribution is 0.585. The third-order valence-corrected chi connectivity index (χ3v) is 6.09. The highest BCUT2D eigenvalue weighted by Gasteiger charge is 2.25. The van der Waals surface area contributed by atoms with Crippen LogP contribution in [-0.2, 0) is 6.42 Å². The number of aromatic nitrogens is 3. The molecule has 0 amide bonds. The van der Waals surface area contributed by atoms with Crippen molar-refractivity contribution >= 4 is 28.1 Å². The van der Waals surface area contributed by atoms with Crippen LogP contribution < -0.4 is 10.6 Å². The van der Waals surface area contributed by atoms with Crippen LogP contribution in [0.2, 0.25) is 0 Å². The van der Waals surface area contributed by atoms with Gasteiger partial charge in [0.2, 0.25) is 0 Å². The Balaban J connectivity index is 1.57. The van der Waals surface area contributed by atoms with Crippen molar-refractivity contribution in [2.24, 2.45) is 0 Å². The number of anilines is 3. The van der Waals surface area contributed by atoms with Crippen LogP contribution in [0.5, 0.6) is 0 Å². The van der Waals surface area contributed by atoms with Gasteiger partial charge in [-0.3, -0.25) is 4.98 Å². The number of fused-ring (bicyclic) bond motifs is 2. The van der Waals surface area contributed by atoms with Crippen molar-refractivity contribution in [3.8, 4) is 22.5 Å². The lowest BCUT2D eigenvalue weighted by Gasteiger charge is -2.21. The molecule has 0 radical (unpaired) electrons. The van der Waals surface area contributed by atoms with Gasteiger partial charge in [-0.2, -0.15) is 0 Å². The van der Waals surface area contributed by atoms with Crippen LogP contribution in [0.3, 0.4) is 0 Å². The van der Waals surface area contributed by atoms with E-state index in [2.05, 4.69) is 9.88 Å². The minimum atomic E-state index is -0.618. The van der Waals surface area contributed by atoms with Crippen LogP contribution in [-0.4, -0.2) is 21.5 Å². The summed E-state index contributed by atoms with van der Waals surface area (Å²) in [6, 6.07) is 18.7. The Kier molecular flexibility index (Phi) is 4.69. The third-order valence-electron chi connectivity index (χ3n) is 6.09. The highest BCUT2D eigenvalue weighted by atomic mass is 19.1. The van der Waals surface area contributed by atoms with E-state index in [1.807, 2.05) is 48.5 Å². The summed E-state index contributed by atoms with van der Waals surface area (Å²) in [6.45, 7) is 0.756. The highest BCUT2D eigenvalue weighted by Crippen LogP contribution is 2.39. The maximum atomic E-state index is 14.5. The molecular formula is C27H19F2N5. The van der Waals surface area contributed by atoms with Crippen molar-refractivity contribution in [3.63, 3.8) is 0 Å². The molecule has 5 nitrogen and oxygen atoms in total. The summed E-state index contributed by atoms with van der Waals surface area (Å²) < 4.78 is 28.0. The Morgan fingerprint density at radius 3 is 2.62 bits per heavy atom. The van der Waals surface area contributed by atoms with Crippen LogP contribution in [0.1, 0.15) is 5.56 Å². The van der Waals surface area contributed by atoms with E-state index in [9.17, 15) is 8.78 Å². The second-order valence-corrected chi connectivity index (χ2v) is 8.26. The Bertz CT molecular complexity index is 1550. The molecule has 0 saturated heterocycles. The Hall–Kier alpha value is -4.39. The average molecular weight is 451 g/mol. The summed E-state index contributed by atoms with van der Waals surface area (Å²) in [7, 11) is 0. The predicted molar refractivity (Wildman–Crippen MR) is 130 cm³/mol. The fourth-order valence-corrected chi connectivity index (χ4v) is 4.48. The van der Waals surface area contributed by atoms with Gasteiger partial charge in [0.25, 0.3) is 0 Å². The molecular weight excluding hydrogens is 432 g/mol. The maximum absolute atomic E-state index is 14.5. The Labute approximate surface area is 194 Å². The normalized spacial score (nSPS) is 12.8. The summed E-state index contributed by atoms with van der Waals surface area (Å²) >= 11 is 0. The first-order valence-electron chi connectivity index (χ1n) is 10.9. The molecule has 166 valence electrons. The fourth-order valence-electron chi connectivity index (χ4n) is 4.48. The maximum Gasteiger partial charge on any atom is 0.163 e. The highest BCUT2D eigenvalue weighted by molar-refractivity contribution is 5.96. The quantitative estimate of drug-likeness (QED) is 0.345. The van der Waals surface area contributed by atoms with Crippen molar-refractivity contribution in [3.05, 3.63) is 96.3 Å². The van der Waals surface area contributed by atoms with Gasteiger partial charge in [-0.05, 0) is 72.1 Å². The predicted octanol–water partition coefficient (Wildman–Crippen LogP) is 5.91. The number of nitrogens with two attached hydrogens (primary N) is 1. The van der Waals surface area contributed by atoms with Gasteiger partial charge in [-0.25, -0.2) is 18.7 Å². The van der Waals surface area contributed by atoms with Crippen molar-refractivity contribution < 1.29 is 8.78 Å². The number of pyridine rings is 1. The minimum Gasteiger partial charge on any atom is -0.399 e. The number of halogens is 2. The standard InChI is InChI=1S/C27H19F2N5/c28-19-4-7-21(23(29)14-19)16-3-6-22-24(13-16)32-26(18-2-1-10-31-15-18)33-27(22)34-11-9-17-12-20(30)5-8-25(17)34/h1-8,10,12-15H,9,11,30H2. The zero-order chi connectivity index (χ0) is 23.2. The minimum absolute atomic E-state index is 0.313. The number of nitrogens with zero attached hydrogens (tertiary/aromatic N) is 4. The second kappa shape index (κ2) is 7.88. The molecule has 0 aliphatic carbocycles. The monoisotopic (exact) mass is 451 g/mol. The molecule has 7 heteroatoms. The van der Waals surface area contributed by atoms with Gasteiger partial charge in [-0.1, -0.05) is 6.07 Å². The van der Waals surface area contributed by atoms with Crippen molar-refractivity contribution in [2.45, 2.75) is 6.42 Å². The smallest absolute Gasteiger partial charge is 0.163 e. The van der Waals surface area contributed by atoms with E-state index in [0.717, 1.165) is 47.2 Å². The topological polar surface area (TPSA) is 67.9 Å². The molecule has 0 fully saturated rings. The van der Waals surface area contributed by atoms with Gasteiger partial charge < -0.3 is 10.6 Å². The molecule has 6 rings (SSSR count). The molecule has 3 heterocycles. The number of rotatable bonds is 3. The lowest BCUT2D eigenvalue weighted by atomic mass is 10.0. The molecule has 0 spiro atoms. The number of hydrogen-bond acceptors (Lipinski definition) is 5. The van der Waals surface area contributed by atoms with E-state index >= 15 is 0 Å². The summed E-state index contributed by atoms with van der Waals surface area (Å²) in [5.41, 5.74) is 11.3. The van der Waals surface area contributed by atoms with Crippen LogP contribution in [0, 0.1) is 11.6 Å². The SMILES string of the molecule is Nc1ccc2c(c1)CCN2c1nc(-c2cccnc2)nc2cc(-c3ccc(F)cc3F)ccc12. The van der Waals surface area contributed by atoms with Gasteiger partial charge in [0.15, 0.2) is 5.82 Å². The zero-order valence-corrected chi connectivity index (χ0v) is 18.0. The first-order valence-corrected chi connectivity index (χ1v) is 10.9. The first-order chi connectivity index (χ1) is 16.6. The molecule has 0 atom stereocenters. The van der Waals surface area contributed by atoms with E-state index < -0.39 is 11.6 Å². The van der Waals surface area contributed by atoms with E-state index in [0.29, 0.717) is 22.5 Å². The molecule has 1 aliphatic rings. The van der Waals surface area contributed by atoms with Crippen LogP contribution >= 0.6 is 0 Å². The zero-order valence-electron chi connectivity index (χ0n) is 18.0. The van der Waals surface area contributed by atoms with Crippen molar-refractivity contribution in [2.75, 3.05) is 17.2 Å². The third kappa shape index (κ3) is 3.42. The van der Waals surface area contributed by atoms with Gasteiger partial charge >= 0.3 is 0 Å². The van der Waals surface area contributed by atoms with E-state index in [-0.39, 0.29) is 0 Å². The molecule has 2 aromatic heterocycles. The molecule has 0 unspecified atom stereocenters. The molecule has 1 aliphatic heterocycles. The molecule has 3 aromatic carbocycles. The van der Waals surface area contributed by atoms with E-state index in [4.69, 9.17) is 15.7 Å². The number of benzene rings is 3. The molecule has 5 aromatic rings. The van der Waals surface area contributed by atoms with Crippen molar-refractivity contribution in [1.29, 1.82) is 0 Å². The summed E-state index contributed by atoms with van der Waals surface area (Å²) in [5.74, 6) is 0.0562. The Morgan fingerprint density at radius 2 is 1.79 bits per heavy atom. The molecule has 0 saturated carbocycles. The largest absolute Gasteiger partial charge is 0.399 e.